The standard InChI is InChI=1S/C32H26Br2Cl2N4O7/c1-14-25(29(41)39(37-14)17-6-8-23(35)19(12-17)31(43)46-4)27(21-10-16(33)11-22(34)28(21)45-3)26-15(2)38-40(30(26)42)18-7-9-24(36)20(13-18)32(44)47-5/h6-13,27,37-38H,1-5H3. The molecule has 47 heavy (non-hydrogen) atoms. The van der Waals surface area contributed by atoms with Crippen LogP contribution in [-0.2, 0) is 9.47 Å². The second-order valence-electron chi connectivity index (χ2n) is 10.3. The highest BCUT2D eigenvalue weighted by molar-refractivity contribution is 9.11. The Hall–Kier alpha value is -4.04. The molecule has 0 aliphatic heterocycles. The maximum atomic E-state index is 14.4. The summed E-state index contributed by atoms with van der Waals surface area (Å²) in [6.07, 6.45) is 0. The third-order valence-electron chi connectivity index (χ3n) is 7.59. The molecule has 2 N–H and O–H groups in total. The van der Waals surface area contributed by atoms with Crippen LogP contribution in [0.1, 0.15) is 54.7 Å². The van der Waals surface area contributed by atoms with Gasteiger partial charge in [-0.2, -0.15) is 0 Å². The number of hydrogen-bond acceptors (Lipinski definition) is 7. The predicted octanol–water partition coefficient (Wildman–Crippen LogP) is 6.86. The van der Waals surface area contributed by atoms with Crippen LogP contribution in [0.5, 0.6) is 5.75 Å². The van der Waals surface area contributed by atoms with Crippen molar-refractivity contribution in [2.24, 2.45) is 0 Å². The molecule has 0 amide bonds. The smallest absolute Gasteiger partial charge is 0.339 e. The van der Waals surface area contributed by atoms with Crippen LogP contribution < -0.4 is 15.9 Å². The van der Waals surface area contributed by atoms with E-state index in [-0.39, 0.29) is 32.3 Å². The van der Waals surface area contributed by atoms with E-state index in [4.69, 9.17) is 37.4 Å². The highest BCUT2D eigenvalue weighted by atomic mass is 79.9. The summed E-state index contributed by atoms with van der Waals surface area (Å²) in [5.74, 6) is -1.92. The minimum absolute atomic E-state index is 0.0696. The zero-order valence-electron chi connectivity index (χ0n) is 25.5. The lowest BCUT2D eigenvalue weighted by molar-refractivity contribution is 0.0592. The number of nitrogens with one attached hydrogen (secondary N) is 2. The van der Waals surface area contributed by atoms with Crippen molar-refractivity contribution in [3.8, 4) is 17.1 Å². The number of esters is 2. The quantitative estimate of drug-likeness (QED) is 0.164. The lowest BCUT2D eigenvalue weighted by atomic mass is 9.84. The summed E-state index contributed by atoms with van der Waals surface area (Å²) < 4.78 is 19.3. The second-order valence-corrected chi connectivity index (χ2v) is 12.9. The van der Waals surface area contributed by atoms with Gasteiger partial charge in [0.1, 0.15) is 5.75 Å². The van der Waals surface area contributed by atoms with Gasteiger partial charge in [0.05, 0.1) is 75.4 Å². The molecule has 15 heteroatoms. The molecule has 2 aromatic heterocycles. The first-order valence-corrected chi connectivity index (χ1v) is 16.1. The number of aryl methyl sites for hydroxylation is 2. The van der Waals surface area contributed by atoms with E-state index in [1.54, 1.807) is 38.1 Å². The van der Waals surface area contributed by atoms with Crippen molar-refractivity contribution in [2.45, 2.75) is 19.8 Å². The Morgan fingerprint density at radius 2 is 1.19 bits per heavy atom. The predicted molar refractivity (Wildman–Crippen MR) is 184 cm³/mol. The van der Waals surface area contributed by atoms with Crippen LogP contribution in [0.15, 0.2) is 67.1 Å². The number of carbonyl (C=O) groups is 2. The van der Waals surface area contributed by atoms with E-state index in [0.29, 0.717) is 43.0 Å². The Morgan fingerprint density at radius 1 is 0.745 bits per heavy atom. The average Bonchev–Trinajstić information content (AvgIpc) is 3.50. The van der Waals surface area contributed by atoms with E-state index in [1.807, 2.05) is 0 Å². The topological polar surface area (TPSA) is 137 Å². The van der Waals surface area contributed by atoms with Crippen molar-refractivity contribution in [3.63, 3.8) is 0 Å². The van der Waals surface area contributed by atoms with E-state index in [9.17, 15) is 19.2 Å². The number of nitrogens with zero attached hydrogens (tertiary/aromatic N) is 2. The molecule has 0 spiro atoms. The molecule has 0 saturated heterocycles. The molecule has 5 aromatic rings. The van der Waals surface area contributed by atoms with Crippen LogP contribution in [-0.4, -0.2) is 52.8 Å². The first-order valence-electron chi connectivity index (χ1n) is 13.7. The van der Waals surface area contributed by atoms with E-state index < -0.39 is 29.0 Å². The second kappa shape index (κ2) is 13.6. The van der Waals surface area contributed by atoms with Gasteiger partial charge in [-0.15, -0.1) is 0 Å². The maximum absolute atomic E-state index is 14.4. The highest BCUT2D eigenvalue weighted by Gasteiger charge is 2.34. The molecule has 2 heterocycles. The molecule has 0 fully saturated rings. The van der Waals surface area contributed by atoms with E-state index in [0.717, 1.165) is 0 Å². The van der Waals surface area contributed by atoms with Gasteiger partial charge < -0.3 is 14.2 Å². The van der Waals surface area contributed by atoms with Gasteiger partial charge in [0.15, 0.2) is 0 Å². The number of carbonyl (C=O) groups excluding carboxylic acids is 2. The maximum Gasteiger partial charge on any atom is 0.339 e. The number of H-pyrrole nitrogens is 2. The lowest BCUT2D eigenvalue weighted by Crippen LogP contribution is -2.26. The van der Waals surface area contributed by atoms with Crippen LogP contribution in [0.2, 0.25) is 10.0 Å². The Kier molecular flexibility index (Phi) is 9.92. The number of rotatable bonds is 8. The number of aromatic nitrogens is 4. The van der Waals surface area contributed by atoms with Crippen LogP contribution >= 0.6 is 55.1 Å². The number of aromatic amines is 2. The van der Waals surface area contributed by atoms with Crippen LogP contribution in [0.4, 0.5) is 0 Å². The van der Waals surface area contributed by atoms with Gasteiger partial charge in [-0.3, -0.25) is 19.8 Å². The first-order chi connectivity index (χ1) is 22.3. The fraction of sp³-hybridized carbons (Fsp3) is 0.188. The Balaban J connectivity index is 1.81. The van der Waals surface area contributed by atoms with Crippen molar-refractivity contribution < 1.29 is 23.8 Å². The molecule has 0 bridgehead atoms. The molecule has 0 saturated carbocycles. The SMILES string of the molecule is COC(=O)c1cc(-n2[nH]c(C)c(C(c3cc(Br)cc(Br)c3OC)c3c(C)[nH]n(-c4ccc(Cl)c(C(=O)OC)c4)c3=O)c2=O)ccc1Cl. The lowest BCUT2D eigenvalue weighted by Gasteiger charge is -2.20. The summed E-state index contributed by atoms with van der Waals surface area (Å²) in [6, 6.07) is 12.6. The van der Waals surface area contributed by atoms with Crippen LogP contribution in [0.3, 0.4) is 0 Å². The minimum atomic E-state index is -0.978. The number of halogens is 4. The molecule has 0 aliphatic rings. The molecular formula is C32H26Br2Cl2N4O7. The van der Waals surface area contributed by atoms with E-state index in [1.165, 1.54) is 55.0 Å². The molecule has 5 rings (SSSR count). The summed E-state index contributed by atoms with van der Waals surface area (Å²) in [7, 11) is 3.95. The Bertz CT molecular complexity index is 2060. The van der Waals surface area contributed by atoms with Gasteiger partial charge in [-0.05, 0) is 78.3 Å². The summed E-state index contributed by atoms with van der Waals surface area (Å²) in [5, 5.41) is 6.48. The molecule has 3 aromatic carbocycles. The minimum Gasteiger partial charge on any atom is -0.495 e. The monoisotopic (exact) mass is 806 g/mol. The van der Waals surface area contributed by atoms with Crippen molar-refractivity contribution in [1.82, 2.24) is 19.6 Å². The zero-order chi connectivity index (χ0) is 34.3. The van der Waals surface area contributed by atoms with Crippen LogP contribution in [0.25, 0.3) is 11.4 Å². The van der Waals surface area contributed by atoms with Gasteiger partial charge in [0.2, 0.25) is 0 Å². The van der Waals surface area contributed by atoms with Crippen molar-refractivity contribution >= 4 is 67.0 Å². The van der Waals surface area contributed by atoms with Gasteiger partial charge in [-0.1, -0.05) is 39.1 Å². The third-order valence-corrected chi connectivity index (χ3v) is 9.30. The summed E-state index contributed by atoms with van der Waals surface area (Å²) in [5.41, 5.74) is 1.65. The average molecular weight is 809 g/mol. The van der Waals surface area contributed by atoms with Crippen LogP contribution in [0, 0.1) is 13.8 Å². The van der Waals surface area contributed by atoms with Gasteiger partial charge >= 0.3 is 11.9 Å². The number of hydrogen-bond donors (Lipinski definition) is 2. The van der Waals surface area contributed by atoms with Crippen molar-refractivity contribution in [2.75, 3.05) is 21.3 Å². The Morgan fingerprint density at radius 3 is 1.60 bits per heavy atom. The van der Waals surface area contributed by atoms with E-state index >= 15 is 0 Å². The third kappa shape index (κ3) is 6.20. The van der Waals surface area contributed by atoms with E-state index in [2.05, 4.69) is 42.1 Å². The fourth-order valence-corrected chi connectivity index (χ4v) is 7.28. The van der Waals surface area contributed by atoms with Gasteiger partial charge in [-0.25, -0.2) is 19.0 Å². The molecule has 244 valence electrons. The van der Waals surface area contributed by atoms with Crippen molar-refractivity contribution in [1.29, 1.82) is 0 Å². The molecule has 0 aliphatic carbocycles. The molecular weight excluding hydrogens is 783 g/mol. The normalized spacial score (nSPS) is 11.2. The number of benzene rings is 3. The first kappa shape index (κ1) is 34.3. The zero-order valence-corrected chi connectivity index (χ0v) is 30.1. The van der Waals surface area contributed by atoms with Gasteiger partial charge in [0, 0.05) is 21.4 Å². The molecule has 11 nitrogen and oxygen atoms in total. The summed E-state index contributed by atoms with van der Waals surface area (Å²) in [4.78, 5) is 53.6. The largest absolute Gasteiger partial charge is 0.495 e. The summed E-state index contributed by atoms with van der Waals surface area (Å²) in [6.45, 7) is 3.42. The summed E-state index contributed by atoms with van der Waals surface area (Å²) >= 11 is 19.6. The highest BCUT2D eigenvalue weighted by Crippen LogP contribution is 2.42. The van der Waals surface area contributed by atoms with Gasteiger partial charge in [0.25, 0.3) is 11.1 Å². The number of ether oxygens (including phenoxy) is 3. The van der Waals surface area contributed by atoms with Crippen molar-refractivity contribution in [3.05, 3.63) is 127 Å². The Labute approximate surface area is 294 Å². The molecule has 0 atom stereocenters. The fourth-order valence-electron chi connectivity index (χ4n) is 5.47. The molecule has 0 radical (unpaired) electrons. The molecule has 0 unspecified atom stereocenters. The number of methoxy groups -OCH3 is 3.